The molecule has 1 aliphatic rings. The number of rotatable bonds is 4. The van der Waals surface area contributed by atoms with Crippen LogP contribution in [-0.4, -0.2) is 18.2 Å². The zero-order chi connectivity index (χ0) is 13.7. The molecular formula is C15H16N2O2. The lowest BCUT2D eigenvalue weighted by Gasteiger charge is -2.07. The van der Waals surface area contributed by atoms with Crippen molar-refractivity contribution in [1.82, 2.24) is 10.6 Å². The van der Waals surface area contributed by atoms with Crippen LogP contribution >= 0.6 is 0 Å². The fourth-order valence-corrected chi connectivity index (χ4v) is 1.82. The highest BCUT2D eigenvalue weighted by molar-refractivity contribution is 6.25. The molecule has 0 aliphatic carbocycles. The molecule has 0 saturated carbocycles. The van der Waals surface area contributed by atoms with Crippen LogP contribution in [0.4, 0.5) is 0 Å². The summed E-state index contributed by atoms with van der Waals surface area (Å²) in [6, 6.07) is 9.93. The summed E-state index contributed by atoms with van der Waals surface area (Å²) >= 11 is 0. The molecule has 2 rings (SSSR count). The van der Waals surface area contributed by atoms with E-state index in [1.165, 1.54) is 0 Å². The highest BCUT2D eigenvalue weighted by Gasteiger charge is 2.25. The van der Waals surface area contributed by atoms with Crippen LogP contribution in [0.5, 0.6) is 0 Å². The molecule has 1 aromatic rings. The van der Waals surface area contributed by atoms with Gasteiger partial charge in [0.25, 0.3) is 5.91 Å². The molecule has 1 saturated heterocycles. The topological polar surface area (TPSA) is 58.2 Å². The van der Waals surface area contributed by atoms with Gasteiger partial charge >= 0.3 is 0 Å². The predicted molar refractivity (Wildman–Crippen MR) is 73.1 cm³/mol. The van der Waals surface area contributed by atoms with Gasteiger partial charge in [0.05, 0.1) is 12.1 Å². The van der Waals surface area contributed by atoms with Gasteiger partial charge < -0.3 is 10.6 Å². The van der Waals surface area contributed by atoms with Crippen LogP contribution in [0.2, 0.25) is 0 Å². The zero-order valence-corrected chi connectivity index (χ0v) is 10.8. The van der Waals surface area contributed by atoms with Gasteiger partial charge in [0.2, 0.25) is 0 Å². The second-order valence-electron chi connectivity index (χ2n) is 4.25. The van der Waals surface area contributed by atoms with Crippen LogP contribution in [0.1, 0.15) is 12.5 Å². The summed E-state index contributed by atoms with van der Waals surface area (Å²) in [5.74, 6) is -0.461. The Morgan fingerprint density at radius 2 is 2.05 bits per heavy atom. The van der Waals surface area contributed by atoms with Gasteiger partial charge in [-0.3, -0.25) is 9.59 Å². The summed E-state index contributed by atoms with van der Waals surface area (Å²) in [5, 5.41) is 5.72. The fourth-order valence-electron chi connectivity index (χ4n) is 1.82. The Bertz CT molecular complexity index is 527. The highest BCUT2D eigenvalue weighted by Crippen LogP contribution is 2.08. The molecular weight excluding hydrogens is 240 g/mol. The van der Waals surface area contributed by atoms with Gasteiger partial charge in [-0.2, -0.15) is 0 Å². The first-order valence-electron chi connectivity index (χ1n) is 6.18. The molecule has 2 N–H and O–H groups in total. The third-order valence-electron chi connectivity index (χ3n) is 2.90. The Morgan fingerprint density at radius 3 is 2.63 bits per heavy atom. The minimum absolute atomic E-state index is 0.0976. The van der Waals surface area contributed by atoms with Crippen molar-refractivity contribution in [2.24, 2.45) is 0 Å². The van der Waals surface area contributed by atoms with E-state index < -0.39 is 0 Å². The van der Waals surface area contributed by atoms with Gasteiger partial charge in [-0.05, 0) is 18.6 Å². The van der Waals surface area contributed by atoms with Crippen LogP contribution in [-0.2, 0) is 16.1 Å². The van der Waals surface area contributed by atoms with Gasteiger partial charge in [-0.25, -0.2) is 0 Å². The van der Waals surface area contributed by atoms with Crippen molar-refractivity contribution in [3.63, 3.8) is 0 Å². The number of carbonyl (C=O) groups is 2. The first kappa shape index (κ1) is 13.1. The molecule has 1 aromatic carbocycles. The quantitative estimate of drug-likeness (QED) is 0.630. The second kappa shape index (κ2) is 6.00. The normalized spacial score (nSPS) is 17.7. The highest BCUT2D eigenvalue weighted by atomic mass is 16.2. The third kappa shape index (κ3) is 3.31. The maximum absolute atomic E-state index is 11.5. The number of allylic oxidation sites excluding steroid dienone is 2. The SMILES string of the molecule is CC=C(C=C1C(=O)CNC1=O)NCc1ccccc1. The Morgan fingerprint density at radius 1 is 1.32 bits per heavy atom. The Balaban J connectivity index is 2.04. The van der Waals surface area contributed by atoms with Gasteiger partial charge in [0, 0.05) is 12.2 Å². The molecule has 1 aliphatic heterocycles. The number of nitrogens with one attached hydrogen (secondary N) is 2. The molecule has 4 nitrogen and oxygen atoms in total. The van der Waals surface area contributed by atoms with Gasteiger partial charge in [-0.15, -0.1) is 0 Å². The molecule has 0 aromatic heterocycles. The summed E-state index contributed by atoms with van der Waals surface area (Å²) in [6.07, 6.45) is 3.45. The van der Waals surface area contributed by atoms with Crippen molar-refractivity contribution in [3.05, 3.63) is 59.3 Å². The number of benzene rings is 1. The molecule has 0 bridgehead atoms. The number of hydrogen-bond acceptors (Lipinski definition) is 3. The van der Waals surface area contributed by atoms with E-state index in [9.17, 15) is 9.59 Å². The van der Waals surface area contributed by atoms with Crippen molar-refractivity contribution >= 4 is 11.7 Å². The summed E-state index contributed by atoms with van der Waals surface area (Å²) in [6.45, 7) is 2.61. The Hall–Kier alpha value is -2.36. The summed E-state index contributed by atoms with van der Waals surface area (Å²) in [7, 11) is 0. The third-order valence-corrected chi connectivity index (χ3v) is 2.90. The smallest absolute Gasteiger partial charge is 0.255 e. The van der Waals surface area contributed by atoms with Crippen LogP contribution in [0.3, 0.4) is 0 Å². The molecule has 19 heavy (non-hydrogen) atoms. The van der Waals surface area contributed by atoms with Crippen molar-refractivity contribution in [1.29, 1.82) is 0 Å². The lowest BCUT2D eigenvalue weighted by Crippen LogP contribution is -2.15. The summed E-state index contributed by atoms with van der Waals surface area (Å²) < 4.78 is 0. The molecule has 1 amide bonds. The molecule has 98 valence electrons. The molecule has 0 unspecified atom stereocenters. The largest absolute Gasteiger partial charge is 0.381 e. The predicted octanol–water partition coefficient (Wildman–Crippen LogP) is 1.31. The minimum atomic E-state index is -0.300. The zero-order valence-electron chi connectivity index (χ0n) is 10.8. The average Bonchev–Trinajstić information content (AvgIpc) is 2.75. The molecule has 0 spiro atoms. The van der Waals surface area contributed by atoms with E-state index in [4.69, 9.17) is 0 Å². The van der Waals surface area contributed by atoms with E-state index in [2.05, 4.69) is 10.6 Å². The summed E-state index contributed by atoms with van der Waals surface area (Å²) in [4.78, 5) is 23.0. The number of carbonyl (C=O) groups excluding carboxylic acids is 2. The minimum Gasteiger partial charge on any atom is -0.381 e. The standard InChI is InChI=1S/C15H16N2O2/c1-2-12(8-13-14(18)10-17-15(13)19)16-9-11-6-4-3-5-7-11/h2-8,16H,9-10H2,1H3,(H,17,19). The number of Topliss-reactive ketones (excluding diaryl/α,β-unsaturated/α-hetero) is 1. The first-order chi connectivity index (χ1) is 9.20. The monoisotopic (exact) mass is 256 g/mol. The fraction of sp³-hybridized carbons (Fsp3) is 0.200. The second-order valence-corrected chi connectivity index (χ2v) is 4.25. The van der Waals surface area contributed by atoms with E-state index in [0.717, 1.165) is 11.3 Å². The molecule has 0 atom stereocenters. The van der Waals surface area contributed by atoms with Crippen LogP contribution in [0.25, 0.3) is 0 Å². The first-order valence-corrected chi connectivity index (χ1v) is 6.18. The molecule has 4 heteroatoms. The van der Waals surface area contributed by atoms with Crippen LogP contribution in [0.15, 0.2) is 53.8 Å². The Labute approximate surface area is 112 Å². The maximum atomic E-state index is 11.5. The van der Waals surface area contributed by atoms with E-state index in [-0.39, 0.29) is 23.8 Å². The van der Waals surface area contributed by atoms with E-state index >= 15 is 0 Å². The van der Waals surface area contributed by atoms with Crippen LogP contribution < -0.4 is 10.6 Å². The number of ketones is 1. The molecule has 1 heterocycles. The van der Waals surface area contributed by atoms with Crippen molar-refractivity contribution < 1.29 is 9.59 Å². The van der Waals surface area contributed by atoms with E-state index in [1.807, 2.05) is 43.3 Å². The molecule has 1 fully saturated rings. The number of hydrogen-bond donors (Lipinski definition) is 2. The van der Waals surface area contributed by atoms with E-state index in [0.29, 0.717) is 6.54 Å². The lowest BCUT2D eigenvalue weighted by molar-refractivity contribution is -0.117. The van der Waals surface area contributed by atoms with Gasteiger partial charge in [-0.1, -0.05) is 36.4 Å². The van der Waals surface area contributed by atoms with E-state index in [1.54, 1.807) is 6.08 Å². The van der Waals surface area contributed by atoms with Crippen molar-refractivity contribution in [2.45, 2.75) is 13.5 Å². The van der Waals surface area contributed by atoms with Crippen LogP contribution in [0, 0.1) is 0 Å². The molecule has 0 radical (unpaired) electrons. The Kier molecular flexibility index (Phi) is 4.13. The van der Waals surface area contributed by atoms with Gasteiger partial charge in [0.15, 0.2) is 5.78 Å². The average molecular weight is 256 g/mol. The van der Waals surface area contributed by atoms with Crippen molar-refractivity contribution in [2.75, 3.05) is 6.54 Å². The van der Waals surface area contributed by atoms with Gasteiger partial charge in [0.1, 0.15) is 0 Å². The lowest BCUT2D eigenvalue weighted by atomic mass is 10.1. The van der Waals surface area contributed by atoms with Crippen molar-refractivity contribution in [3.8, 4) is 0 Å². The maximum Gasteiger partial charge on any atom is 0.255 e. The number of amides is 1. The summed E-state index contributed by atoms with van der Waals surface area (Å²) in [5.41, 5.74) is 2.13.